The van der Waals surface area contributed by atoms with E-state index in [0.29, 0.717) is 22.1 Å². The molecule has 0 spiro atoms. The number of methoxy groups -OCH3 is 2. The van der Waals surface area contributed by atoms with Crippen molar-refractivity contribution >= 4 is 17.2 Å². The highest BCUT2D eigenvalue weighted by Gasteiger charge is 2.19. The Bertz CT molecular complexity index is 941. The zero-order valence-corrected chi connectivity index (χ0v) is 16.5. The van der Waals surface area contributed by atoms with Crippen LogP contribution in [0.15, 0.2) is 42.7 Å². The molecule has 0 radical (unpaired) electrons. The van der Waals surface area contributed by atoms with Crippen LogP contribution < -0.4 is 14.8 Å². The molecule has 0 saturated heterocycles. The number of rotatable bonds is 6. The third kappa shape index (κ3) is 4.09. The zero-order valence-electron chi connectivity index (χ0n) is 15.6. The number of hydrogen-bond donors (Lipinski definition) is 1. The molecule has 27 heavy (non-hydrogen) atoms. The molecule has 3 aromatic rings. The van der Waals surface area contributed by atoms with Crippen LogP contribution in [-0.4, -0.2) is 30.1 Å². The lowest BCUT2D eigenvalue weighted by molar-refractivity contribution is 0.0943. The van der Waals surface area contributed by atoms with Crippen LogP contribution in [0.4, 0.5) is 0 Å². The van der Waals surface area contributed by atoms with E-state index in [1.54, 1.807) is 26.6 Å². The van der Waals surface area contributed by atoms with E-state index in [9.17, 15) is 4.79 Å². The maximum atomic E-state index is 12.8. The predicted octanol–water partition coefficient (Wildman–Crippen LogP) is 4.02. The van der Waals surface area contributed by atoms with Gasteiger partial charge in [-0.2, -0.15) is 0 Å². The van der Waals surface area contributed by atoms with E-state index in [2.05, 4.69) is 15.3 Å². The van der Waals surface area contributed by atoms with Crippen molar-refractivity contribution in [3.63, 3.8) is 0 Å². The molecule has 2 aromatic heterocycles. The van der Waals surface area contributed by atoms with Crippen LogP contribution in [-0.2, 0) is 0 Å². The number of aryl methyl sites for hydroxylation is 1. The van der Waals surface area contributed by atoms with Gasteiger partial charge in [0, 0.05) is 18.0 Å². The van der Waals surface area contributed by atoms with Gasteiger partial charge in [0.25, 0.3) is 5.91 Å². The van der Waals surface area contributed by atoms with Crippen LogP contribution in [0.5, 0.6) is 11.5 Å². The number of nitrogens with one attached hydrogen (secondary N) is 1. The smallest absolute Gasteiger partial charge is 0.263 e. The molecule has 0 bridgehead atoms. The second kappa shape index (κ2) is 8.18. The molecule has 0 aliphatic heterocycles. The number of nitrogens with zero attached hydrogens (tertiary/aromatic N) is 2. The molecule has 1 amide bonds. The van der Waals surface area contributed by atoms with Gasteiger partial charge in [-0.05, 0) is 43.7 Å². The second-order valence-electron chi connectivity index (χ2n) is 5.98. The highest BCUT2D eigenvalue weighted by molar-refractivity contribution is 7.17. The minimum Gasteiger partial charge on any atom is -0.493 e. The van der Waals surface area contributed by atoms with Crippen LogP contribution in [0.25, 0.3) is 10.6 Å². The summed E-state index contributed by atoms with van der Waals surface area (Å²) in [6.07, 6.45) is 3.45. The van der Waals surface area contributed by atoms with Gasteiger partial charge >= 0.3 is 0 Å². The molecule has 0 aliphatic carbocycles. The Morgan fingerprint density at radius 2 is 1.96 bits per heavy atom. The predicted molar refractivity (Wildman–Crippen MR) is 106 cm³/mol. The molecule has 6 nitrogen and oxygen atoms in total. The molecule has 3 rings (SSSR count). The first kappa shape index (κ1) is 18.8. The van der Waals surface area contributed by atoms with Crippen molar-refractivity contribution in [2.75, 3.05) is 14.2 Å². The van der Waals surface area contributed by atoms with Gasteiger partial charge in [-0.25, -0.2) is 4.98 Å². The fraction of sp³-hybridized carbons (Fsp3) is 0.250. The van der Waals surface area contributed by atoms with Crippen molar-refractivity contribution in [1.82, 2.24) is 15.3 Å². The first-order valence-corrected chi connectivity index (χ1v) is 9.25. The highest BCUT2D eigenvalue weighted by Crippen LogP contribution is 2.31. The summed E-state index contributed by atoms with van der Waals surface area (Å²) in [6, 6.07) is 9.19. The number of benzene rings is 1. The fourth-order valence-electron chi connectivity index (χ4n) is 2.69. The van der Waals surface area contributed by atoms with Crippen LogP contribution in [0.2, 0.25) is 0 Å². The Labute approximate surface area is 162 Å². The van der Waals surface area contributed by atoms with Crippen molar-refractivity contribution in [2.45, 2.75) is 19.9 Å². The van der Waals surface area contributed by atoms with Crippen molar-refractivity contribution in [1.29, 1.82) is 0 Å². The molecule has 1 aromatic carbocycles. The lowest BCUT2D eigenvalue weighted by Crippen LogP contribution is -2.26. The Kier molecular flexibility index (Phi) is 5.71. The van der Waals surface area contributed by atoms with Gasteiger partial charge in [-0.15, -0.1) is 11.3 Å². The second-order valence-corrected chi connectivity index (χ2v) is 6.98. The van der Waals surface area contributed by atoms with Gasteiger partial charge in [-0.3, -0.25) is 9.78 Å². The normalized spacial score (nSPS) is 11.7. The van der Waals surface area contributed by atoms with Crippen molar-refractivity contribution < 1.29 is 14.3 Å². The molecule has 0 saturated carbocycles. The summed E-state index contributed by atoms with van der Waals surface area (Å²) in [7, 11) is 3.18. The van der Waals surface area contributed by atoms with E-state index in [1.165, 1.54) is 11.3 Å². The largest absolute Gasteiger partial charge is 0.493 e. The molecule has 2 heterocycles. The number of amides is 1. The summed E-state index contributed by atoms with van der Waals surface area (Å²) in [5, 5.41) is 3.81. The Balaban J connectivity index is 1.78. The summed E-state index contributed by atoms with van der Waals surface area (Å²) in [4.78, 5) is 22.0. The van der Waals surface area contributed by atoms with Crippen LogP contribution in [0.3, 0.4) is 0 Å². The van der Waals surface area contributed by atoms with Gasteiger partial charge in [0.1, 0.15) is 9.88 Å². The third-order valence-electron chi connectivity index (χ3n) is 4.17. The molecule has 1 atom stereocenters. The minimum atomic E-state index is -0.194. The summed E-state index contributed by atoms with van der Waals surface area (Å²) in [6.45, 7) is 3.77. The summed E-state index contributed by atoms with van der Waals surface area (Å²) < 4.78 is 10.6. The van der Waals surface area contributed by atoms with E-state index in [-0.39, 0.29) is 11.9 Å². The number of carbonyl (C=O) groups excluding carboxylic acids is 1. The average molecular weight is 383 g/mol. The first-order chi connectivity index (χ1) is 13.0. The van der Waals surface area contributed by atoms with Gasteiger partial charge in [0.05, 0.1) is 26.0 Å². The molecular weight excluding hydrogens is 362 g/mol. The quantitative estimate of drug-likeness (QED) is 0.696. The van der Waals surface area contributed by atoms with Gasteiger partial charge < -0.3 is 14.8 Å². The number of ether oxygens (including phenoxy) is 2. The minimum absolute atomic E-state index is 0.151. The van der Waals surface area contributed by atoms with E-state index >= 15 is 0 Å². The Hall–Kier alpha value is -2.93. The van der Waals surface area contributed by atoms with Crippen molar-refractivity contribution in [2.24, 2.45) is 0 Å². The van der Waals surface area contributed by atoms with Crippen LogP contribution >= 0.6 is 11.3 Å². The van der Waals surface area contributed by atoms with Gasteiger partial charge in [0.2, 0.25) is 0 Å². The number of pyridine rings is 1. The molecule has 0 unspecified atom stereocenters. The Morgan fingerprint density at radius 3 is 2.63 bits per heavy atom. The standard InChI is InChI=1S/C20H21N3O3S/c1-12(14-7-8-16(25-3)17(10-14)26-4)22-19(24)18-13(2)23-20(27-18)15-6-5-9-21-11-15/h5-12H,1-4H3,(H,22,24)/t12-/m0/s1. The van der Waals surface area contributed by atoms with Gasteiger partial charge in [-0.1, -0.05) is 6.07 Å². The van der Waals surface area contributed by atoms with E-state index < -0.39 is 0 Å². The molecule has 0 aliphatic rings. The lowest BCUT2D eigenvalue weighted by atomic mass is 10.1. The zero-order chi connectivity index (χ0) is 19.4. The average Bonchev–Trinajstić information content (AvgIpc) is 3.09. The van der Waals surface area contributed by atoms with E-state index in [4.69, 9.17) is 9.47 Å². The molecule has 7 heteroatoms. The summed E-state index contributed by atoms with van der Waals surface area (Å²) in [5.74, 6) is 1.13. The number of thiazole rings is 1. The van der Waals surface area contributed by atoms with Crippen molar-refractivity contribution in [3.05, 3.63) is 58.9 Å². The maximum Gasteiger partial charge on any atom is 0.263 e. The van der Waals surface area contributed by atoms with Crippen LogP contribution in [0, 0.1) is 6.92 Å². The fourth-order valence-corrected chi connectivity index (χ4v) is 3.65. The SMILES string of the molecule is COc1ccc([C@H](C)NC(=O)c2sc(-c3cccnc3)nc2C)cc1OC. The number of aromatic nitrogens is 2. The number of carbonyl (C=O) groups is 1. The topological polar surface area (TPSA) is 73.3 Å². The van der Waals surface area contributed by atoms with Crippen molar-refractivity contribution in [3.8, 4) is 22.1 Å². The first-order valence-electron chi connectivity index (χ1n) is 8.44. The third-order valence-corrected chi connectivity index (χ3v) is 5.37. The van der Waals surface area contributed by atoms with Crippen LogP contribution in [0.1, 0.15) is 33.9 Å². The maximum absolute atomic E-state index is 12.8. The summed E-state index contributed by atoms with van der Waals surface area (Å²) in [5.41, 5.74) is 2.53. The lowest BCUT2D eigenvalue weighted by Gasteiger charge is -2.16. The van der Waals surface area contributed by atoms with Gasteiger partial charge in [0.15, 0.2) is 11.5 Å². The number of hydrogen-bond acceptors (Lipinski definition) is 6. The molecule has 0 fully saturated rings. The summed E-state index contributed by atoms with van der Waals surface area (Å²) >= 11 is 1.36. The molecule has 1 N–H and O–H groups in total. The Morgan fingerprint density at radius 1 is 1.19 bits per heavy atom. The molecule has 140 valence electrons. The highest BCUT2D eigenvalue weighted by atomic mass is 32.1. The van der Waals surface area contributed by atoms with E-state index in [1.807, 2.05) is 44.2 Å². The van der Waals surface area contributed by atoms with E-state index in [0.717, 1.165) is 16.1 Å². The molecular formula is C20H21N3O3S. The monoisotopic (exact) mass is 383 g/mol.